The number of ether oxygens (including phenoxy) is 1. The molecule has 0 aliphatic carbocycles. The third-order valence-electron chi connectivity index (χ3n) is 1.92. The smallest absolute Gasteiger partial charge is 0.129 e. The first-order chi connectivity index (χ1) is 6.35. The molecule has 13 heavy (non-hydrogen) atoms. The lowest BCUT2D eigenvalue weighted by atomic mass is 10.1. The summed E-state index contributed by atoms with van der Waals surface area (Å²) in [6.07, 6.45) is 5.96. The van der Waals surface area contributed by atoms with Crippen LogP contribution in [0.4, 0.5) is 0 Å². The van der Waals surface area contributed by atoms with Crippen molar-refractivity contribution >= 4 is 0 Å². The number of hydrogen-bond acceptors (Lipinski definition) is 2. The molecule has 0 aliphatic rings. The molecule has 0 fully saturated rings. The van der Waals surface area contributed by atoms with Gasteiger partial charge in [-0.1, -0.05) is 32.1 Å². The molecular weight excluding hydrogens is 162 g/mol. The van der Waals surface area contributed by atoms with Crippen LogP contribution in [0.2, 0.25) is 0 Å². The zero-order chi connectivity index (χ0) is 9.94. The number of methoxy groups -OCH3 is 1. The van der Waals surface area contributed by atoms with E-state index in [9.17, 15) is 0 Å². The van der Waals surface area contributed by atoms with Crippen LogP contribution in [0.5, 0.6) is 0 Å². The number of rotatable bonds is 6. The van der Waals surface area contributed by atoms with Crippen molar-refractivity contribution in [2.24, 2.45) is 5.73 Å². The molecule has 0 aromatic heterocycles. The van der Waals surface area contributed by atoms with Crippen molar-refractivity contribution in [2.45, 2.75) is 45.1 Å². The van der Waals surface area contributed by atoms with Gasteiger partial charge in [0.2, 0.25) is 0 Å². The van der Waals surface area contributed by atoms with E-state index in [2.05, 4.69) is 18.8 Å². The summed E-state index contributed by atoms with van der Waals surface area (Å²) in [5.41, 5.74) is 5.42. The van der Waals surface area contributed by atoms with Gasteiger partial charge in [-0.3, -0.25) is 0 Å². The molecule has 1 atom stereocenters. The molecule has 2 N–H and O–H groups in total. The summed E-state index contributed by atoms with van der Waals surface area (Å²) in [7, 11) is 1.64. The van der Waals surface area contributed by atoms with Crippen molar-refractivity contribution in [3.63, 3.8) is 0 Å². The first kappa shape index (κ1) is 12.5. The molecule has 0 heterocycles. The number of unbranched alkanes of at least 4 members (excludes halogenated alkanes) is 4. The van der Waals surface area contributed by atoms with Gasteiger partial charge in [-0.25, -0.2) is 0 Å². The third-order valence-corrected chi connectivity index (χ3v) is 1.92. The second-order valence-electron chi connectivity index (χ2n) is 3.09. The average molecular weight is 183 g/mol. The van der Waals surface area contributed by atoms with Gasteiger partial charge in [0.15, 0.2) is 0 Å². The van der Waals surface area contributed by atoms with Gasteiger partial charge in [0, 0.05) is 20.1 Å². The molecule has 0 aromatic rings. The van der Waals surface area contributed by atoms with Gasteiger partial charge < -0.3 is 10.5 Å². The maximum atomic E-state index is 5.42. The summed E-state index contributed by atoms with van der Waals surface area (Å²) in [6, 6.07) is 0. The van der Waals surface area contributed by atoms with E-state index in [-0.39, 0.29) is 6.10 Å². The first-order valence-electron chi connectivity index (χ1n) is 5.06. The summed E-state index contributed by atoms with van der Waals surface area (Å²) in [5, 5.41) is 0. The molecule has 0 saturated carbocycles. The Bertz CT molecular complexity index is 153. The van der Waals surface area contributed by atoms with Crippen molar-refractivity contribution in [2.75, 3.05) is 13.7 Å². The lowest BCUT2D eigenvalue weighted by molar-refractivity contribution is 0.155. The Morgan fingerprint density at radius 2 is 2.08 bits per heavy atom. The van der Waals surface area contributed by atoms with E-state index in [0.717, 1.165) is 6.42 Å². The van der Waals surface area contributed by atoms with Gasteiger partial charge in [-0.15, -0.1) is 5.92 Å². The van der Waals surface area contributed by atoms with Crippen molar-refractivity contribution in [1.82, 2.24) is 0 Å². The van der Waals surface area contributed by atoms with E-state index in [1.807, 2.05) is 0 Å². The Morgan fingerprint density at radius 3 is 2.62 bits per heavy atom. The van der Waals surface area contributed by atoms with Crippen molar-refractivity contribution in [3.05, 3.63) is 0 Å². The second-order valence-corrected chi connectivity index (χ2v) is 3.09. The van der Waals surface area contributed by atoms with Gasteiger partial charge >= 0.3 is 0 Å². The van der Waals surface area contributed by atoms with Crippen molar-refractivity contribution in [1.29, 1.82) is 0 Å². The fourth-order valence-electron chi connectivity index (χ4n) is 1.04. The molecule has 0 bridgehead atoms. The van der Waals surface area contributed by atoms with Crippen LogP contribution in [0.1, 0.15) is 39.0 Å². The molecule has 0 aromatic carbocycles. The summed E-state index contributed by atoms with van der Waals surface area (Å²) >= 11 is 0. The summed E-state index contributed by atoms with van der Waals surface area (Å²) < 4.78 is 5.03. The van der Waals surface area contributed by atoms with Crippen LogP contribution in [-0.4, -0.2) is 19.8 Å². The highest BCUT2D eigenvalue weighted by Gasteiger charge is 1.95. The molecule has 76 valence electrons. The quantitative estimate of drug-likeness (QED) is 0.504. The zero-order valence-corrected chi connectivity index (χ0v) is 8.81. The summed E-state index contributed by atoms with van der Waals surface area (Å²) in [4.78, 5) is 0. The fraction of sp³-hybridized carbons (Fsp3) is 0.818. The molecule has 0 rings (SSSR count). The zero-order valence-electron chi connectivity index (χ0n) is 8.81. The predicted molar refractivity (Wildman–Crippen MR) is 56.4 cm³/mol. The molecule has 2 nitrogen and oxygen atoms in total. The van der Waals surface area contributed by atoms with E-state index in [1.54, 1.807) is 7.11 Å². The van der Waals surface area contributed by atoms with Crippen molar-refractivity contribution in [3.8, 4) is 11.8 Å². The first-order valence-corrected chi connectivity index (χ1v) is 5.06. The highest BCUT2D eigenvalue weighted by molar-refractivity contribution is 5.05. The molecular formula is C11H21NO. The highest BCUT2D eigenvalue weighted by atomic mass is 16.5. The van der Waals surface area contributed by atoms with Gasteiger partial charge in [-0.2, -0.15) is 0 Å². The molecule has 0 amide bonds. The van der Waals surface area contributed by atoms with Crippen LogP contribution in [0.3, 0.4) is 0 Å². The lowest BCUT2D eigenvalue weighted by Gasteiger charge is -2.02. The number of nitrogens with two attached hydrogens (primary N) is 1. The van der Waals surface area contributed by atoms with Gasteiger partial charge in [-0.05, 0) is 6.42 Å². The van der Waals surface area contributed by atoms with Gasteiger partial charge in [0.1, 0.15) is 6.10 Å². The molecule has 0 saturated heterocycles. The van der Waals surface area contributed by atoms with Crippen LogP contribution in [-0.2, 0) is 4.74 Å². The minimum atomic E-state index is -0.0776. The maximum Gasteiger partial charge on any atom is 0.129 e. The van der Waals surface area contributed by atoms with Gasteiger partial charge in [0.25, 0.3) is 0 Å². The standard InChI is InChI=1S/C11H21NO/c1-3-4-5-6-7-8-9-11(10-12)13-2/h11H,3-7,10,12H2,1-2H3. The SMILES string of the molecule is CCCCCCC#CC(CN)OC. The fourth-order valence-corrected chi connectivity index (χ4v) is 1.04. The van der Waals surface area contributed by atoms with Crippen LogP contribution in [0, 0.1) is 11.8 Å². The van der Waals surface area contributed by atoms with E-state index >= 15 is 0 Å². The van der Waals surface area contributed by atoms with E-state index in [1.165, 1.54) is 25.7 Å². The van der Waals surface area contributed by atoms with Crippen LogP contribution in [0.15, 0.2) is 0 Å². The second kappa shape index (κ2) is 9.57. The monoisotopic (exact) mass is 183 g/mol. The Labute approximate surface area is 81.8 Å². The Morgan fingerprint density at radius 1 is 1.31 bits per heavy atom. The number of hydrogen-bond donors (Lipinski definition) is 1. The van der Waals surface area contributed by atoms with E-state index in [4.69, 9.17) is 10.5 Å². The molecule has 1 unspecified atom stereocenters. The normalized spacial score (nSPS) is 11.9. The molecule has 2 heteroatoms. The summed E-state index contributed by atoms with van der Waals surface area (Å²) in [6.45, 7) is 2.69. The third kappa shape index (κ3) is 7.83. The predicted octanol–water partition coefficient (Wildman–Crippen LogP) is 1.93. The minimum Gasteiger partial charge on any atom is -0.367 e. The largest absolute Gasteiger partial charge is 0.367 e. The Kier molecular flexibility index (Phi) is 9.18. The Balaban J connectivity index is 3.37. The van der Waals surface area contributed by atoms with Crippen LogP contribution >= 0.6 is 0 Å². The topological polar surface area (TPSA) is 35.2 Å². The van der Waals surface area contributed by atoms with E-state index < -0.39 is 0 Å². The van der Waals surface area contributed by atoms with Crippen LogP contribution in [0.25, 0.3) is 0 Å². The summed E-state index contributed by atoms with van der Waals surface area (Å²) in [5.74, 6) is 6.09. The van der Waals surface area contributed by atoms with E-state index in [0.29, 0.717) is 6.54 Å². The maximum absolute atomic E-state index is 5.42. The molecule has 0 radical (unpaired) electrons. The van der Waals surface area contributed by atoms with Gasteiger partial charge in [0.05, 0.1) is 0 Å². The molecule has 0 spiro atoms. The lowest BCUT2D eigenvalue weighted by Crippen LogP contribution is -2.20. The highest BCUT2D eigenvalue weighted by Crippen LogP contribution is 2.00. The van der Waals surface area contributed by atoms with Crippen molar-refractivity contribution < 1.29 is 4.74 Å². The minimum absolute atomic E-state index is 0.0776. The average Bonchev–Trinajstić information content (AvgIpc) is 2.17. The van der Waals surface area contributed by atoms with Crippen LogP contribution < -0.4 is 5.73 Å². The molecule has 0 aliphatic heterocycles. The Hall–Kier alpha value is -0.520.